The van der Waals surface area contributed by atoms with Gasteiger partial charge >= 0.3 is 0 Å². The molecule has 0 saturated heterocycles. The first-order chi connectivity index (χ1) is 8.65. The van der Waals surface area contributed by atoms with E-state index in [0.29, 0.717) is 5.92 Å². The van der Waals surface area contributed by atoms with Crippen molar-refractivity contribution < 1.29 is 0 Å². The average Bonchev–Trinajstić information content (AvgIpc) is 2.76. The summed E-state index contributed by atoms with van der Waals surface area (Å²) >= 11 is 1.65. The number of hydrogen-bond acceptors (Lipinski definition) is 4. The first kappa shape index (κ1) is 13.0. The topological polar surface area (TPSA) is 37.8 Å². The maximum absolute atomic E-state index is 4.21. The van der Waals surface area contributed by atoms with Gasteiger partial charge in [0.05, 0.1) is 6.04 Å². The normalized spacial score (nSPS) is 12.7. The van der Waals surface area contributed by atoms with Crippen LogP contribution in [0, 0.1) is 5.92 Å². The zero-order chi connectivity index (χ0) is 13.0. The van der Waals surface area contributed by atoms with Crippen molar-refractivity contribution in [1.82, 2.24) is 10.2 Å². The Morgan fingerprint density at radius 3 is 2.50 bits per heavy atom. The van der Waals surface area contributed by atoms with Crippen molar-refractivity contribution in [2.75, 3.05) is 5.32 Å². The van der Waals surface area contributed by atoms with Gasteiger partial charge < -0.3 is 5.32 Å². The minimum atomic E-state index is 0.256. The van der Waals surface area contributed by atoms with E-state index in [1.54, 1.807) is 11.3 Å². The third kappa shape index (κ3) is 3.53. The molecule has 4 heteroatoms. The van der Waals surface area contributed by atoms with Crippen molar-refractivity contribution in [3.8, 4) is 0 Å². The molecule has 1 aromatic heterocycles. The van der Waals surface area contributed by atoms with Gasteiger partial charge in [-0.2, -0.15) is 0 Å². The summed E-state index contributed by atoms with van der Waals surface area (Å²) in [5.74, 6) is 0.623. The molecule has 0 saturated carbocycles. The fourth-order valence-corrected chi connectivity index (χ4v) is 2.79. The molecule has 0 aliphatic carbocycles. The van der Waals surface area contributed by atoms with Crippen molar-refractivity contribution in [1.29, 1.82) is 0 Å². The molecule has 1 heterocycles. The zero-order valence-electron chi connectivity index (χ0n) is 11.1. The van der Waals surface area contributed by atoms with E-state index in [0.717, 1.165) is 16.6 Å². The summed E-state index contributed by atoms with van der Waals surface area (Å²) in [5.41, 5.74) is 1.26. The van der Waals surface area contributed by atoms with Gasteiger partial charge in [0.1, 0.15) is 5.01 Å². The highest BCUT2D eigenvalue weighted by Crippen LogP contribution is 2.23. The van der Waals surface area contributed by atoms with E-state index in [-0.39, 0.29) is 6.04 Å². The Kier molecular flexibility index (Phi) is 4.31. The molecule has 18 heavy (non-hydrogen) atoms. The second kappa shape index (κ2) is 5.96. The maximum Gasteiger partial charge on any atom is 0.206 e. The van der Waals surface area contributed by atoms with E-state index in [9.17, 15) is 0 Å². The fraction of sp³-hybridized carbons (Fsp3) is 0.429. The molecule has 1 atom stereocenters. The van der Waals surface area contributed by atoms with E-state index in [1.807, 2.05) is 6.07 Å². The Morgan fingerprint density at radius 1 is 1.11 bits per heavy atom. The lowest BCUT2D eigenvalue weighted by Gasteiger charge is -2.12. The number of nitrogens with zero attached hydrogens (tertiary/aromatic N) is 2. The first-order valence-corrected chi connectivity index (χ1v) is 7.10. The van der Waals surface area contributed by atoms with Crippen LogP contribution in [0.4, 0.5) is 5.13 Å². The number of nitrogens with one attached hydrogen (secondary N) is 1. The Balaban J connectivity index is 1.99. The number of aromatic nitrogens is 2. The Hall–Kier alpha value is -1.42. The Labute approximate surface area is 112 Å². The van der Waals surface area contributed by atoms with Gasteiger partial charge in [0.15, 0.2) is 0 Å². The van der Waals surface area contributed by atoms with Crippen LogP contribution < -0.4 is 5.32 Å². The standard InChI is InChI=1S/C14H19N3S/c1-10(2)9-13-16-17-14(18-13)15-11(3)12-7-5-4-6-8-12/h4-8,10-11H,9H2,1-3H3,(H,15,17). The monoisotopic (exact) mass is 261 g/mol. The van der Waals surface area contributed by atoms with Crippen molar-refractivity contribution in [2.45, 2.75) is 33.2 Å². The number of hydrogen-bond donors (Lipinski definition) is 1. The molecule has 0 fully saturated rings. The largest absolute Gasteiger partial charge is 0.354 e. The fourth-order valence-electron chi connectivity index (χ4n) is 1.75. The molecule has 0 aliphatic rings. The van der Waals surface area contributed by atoms with Crippen LogP contribution in [0.1, 0.15) is 37.4 Å². The average molecular weight is 261 g/mol. The summed E-state index contributed by atoms with van der Waals surface area (Å²) in [6, 6.07) is 10.6. The van der Waals surface area contributed by atoms with Gasteiger partial charge in [-0.15, -0.1) is 10.2 Å². The van der Waals surface area contributed by atoms with Crippen molar-refractivity contribution in [2.24, 2.45) is 5.92 Å². The van der Waals surface area contributed by atoms with Gasteiger partial charge in [0.25, 0.3) is 0 Å². The van der Waals surface area contributed by atoms with Crippen molar-refractivity contribution >= 4 is 16.5 Å². The van der Waals surface area contributed by atoms with Gasteiger partial charge in [-0.1, -0.05) is 55.5 Å². The number of rotatable bonds is 5. The molecule has 0 bridgehead atoms. The Morgan fingerprint density at radius 2 is 1.83 bits per heavy atom. The van der Waals surface area contributed by atoms with Gasteiger partial charge in [-0.05, 0) is 18.4 Å². The van der Waals surface area contributed by atoms with Crippen LogP contribution >= 0.6 is 11.3 Å². The maximum atomic E-state index is 4.21. The van der Waals surface area contributed by atoms with Crippen LogP contribution in [-0.4, -0.2) is 10.2 Å². The van der Waals surface area contributed by atoms with Crippen LogP contribution in [0.2, 0.25) is 0 Å². The van der Waals surface area contributed by atoms with Crippen molar-refractivity contribution in [3.63, 3.8) is 0 Å². The molecule has 96 valence electrons. The molecular formula is C14H19N3S. The third-order valence-electron chi connectivity index (χ3n) is 2.69. The number of benzene rings is 1. The highest BCUT2D eigenvalue weighted by molar-refractivity contribution is 7.15. The van der Waals surface area contributed by atoms with Crippen LogP contribution in [0.5, 0.6) is 0 Å². The van der Waals surface area contributed by atoms with Crippen LogP contribution in [0.25, 0.3) is 0 Å². The molecule has 1 unspecified atom stereocenters. The summed E-state index contributed by atoms with van der Waals surface area (Å²) < 4.78 is 0. The van der Waals surface area contributed by atoms with Crippen LogP contribution in [0.15, 0.2) is 30.3 Å². The summed E-state index contributed by atoms with van der Waals surface area (Å²) in [7, 11) is 0. The van der Waals surface area contributed by atoms with Crippen LogP contribution in [-0.2, 0) is 6.42 Å². The van der Waals surface area contributed by atoms with E-state index < -0.39 is 0 Å². The smallest absolute Gasteiger partial charge is 0.206 e. The minimum absolute atomic E-state index is 0.256. The Bertz CT molecular complexity index is 479. The molecule has 0 amide bonds. The molecule has 0 aliphatic heterocycles. The van der Waals surface area contributed by atoms with E-state index in [1.165, 1.54) is 5.56 Å². The van der Waals surface area contributed by atoms with Crippen LogP contribution in [0.3, 0.4) is 0 Å². The second-order valence-electron chi connectivity index (χ2n) is 4.88. The lowest BCUT2D eigenvalue weighted by Crippen LogP contribution is -2.05. The van der Waals surface area contributed by atoms with Crippen molar-refractivity contribution in [3.05, 3.63) is 40.9 Å². The van der Waals surface area contributed by atoms with E-state index >= 15 is 0 Å². The predicted molar refractivity (Wildman–Crippen MR) is 76.9 cm³/mol. The molecular weight excluding hydrogens is 242 g/mol. The minimum Gasteiger partial charge on any atom is -0.354 e. The number of anilines is 1. The highest BCUT2D eigenvalue weighted by atomic mass is 32.1. The van der Waals surface area contributed by atoms with E-state index in [2.05, 4.69) is 60.6 Å². The quantitative estimate of drug-likeness (QED) is 0.886. The second-order valence-corrected chi connectivity index (χ2v) is 5.94. The zero-order valence-corrected chi connectivity index (χ0v) is 11.9. The molecule has 2 rings (SSSR count). The highest BCUT2D eigenvalue weighted by Gasteiger charge is 2.09. The molecule has 0 radical (unpaired) electrons. The SMILES string of the molecule is CC(C)Cc1nnc(NC(C)c2ccccc2)s1. The summed E-state index contributed by atoms with van der Waals surface area (Å²) in [5, 5.41) is 13.8. The van der Waals surface area contributed by atoms with Gasteiger partial charge in [-0.25, -0.2) is 0 Å². The summed E-state index contributed by atoms with van der Waals surface area (Å²) in [6.07, 6.45) is 0.999. The molecule has 2 aromatic rings. The molecule has 0 spiro atoms. The summed E-state index contributed by atoms with van der Waals surface area (Å²) in [6.45, 7) is 6.53. The molecule has 1 aromatic carbocycles. The lowest BCUT2D eigenvalue weighted by atomic mass is 10.1. The first-order valence-electron chi connectivity index (χ1n) is 6.29. The molecule has 3 nitrogen and oxygen atoms in total. The summed E-state index contributed by atoms with van der Waals surface area (Å²) in [4.78, 5) is 0. The van der Waals surface area contributed by atoms with Gasteiger partial charge in [-0.3, -0.25) is 0 Å². The lowest BCUT2D eigenvalue weighted by molar-refractivity contribution is 0.640. The molecule has 1 N–H and O–H groups in total. The predicted octanol–water partition coefficient (Wildman–Crippen LogP) is 3.91. The third-order valence-corrected chi connectivity index (χ3v) is 3.57. The van der Waals surface area contributed by atoms with Gasteiger partial charge in [0.2, 0.25) is 5.13 Å². The van der Waals surface area contributed by atoms with Gasteiger partial charge in [0, 0.05) is 6.42 Å². The van der Waals surface area contributed by atoms with E-state index in [4.69, 9.17) is 0 Å².